The number of hydrogen-bond acceptors (Lipinski definition) is 5. The van der Waals surface area contributed by atoms with E-state index >= 15 is 0 Å². The molecule has 0 aliphatic carbocycles. The molecular formula is C18H21N7O. The van der Waals surface area contributed by atoms with Gasteiger partial charge in [0.2, 0.25) is 5.91 Å². The van der Waals surface area contributed by atoms with Gasteiger partial charge in [0.15, 0.2) is 5.82 Å². The van der Waals surface area contributed by atoms with Gasteiger partial charge in [-0.15, -0.1) is 5.10 Å². The van der Waals surface area contributed by atoms with E-state index in [-0.39, 0.29) is 18.5 Å². The SMILES string of the molecule is O=C1Cn2nnnc2C(CCc2ccccc2)N1CCCn1ccnc1. The zero-order valence-corrected chi connectivity index (χ0v) is 14.5. The number of carbonyl (C=O) groups is 1. The van der Waals surface area contributed by atoms with Crippen molar-refractivity contribution in [1.29, 1.82) is 0 Å². The molecule has 4 rings (SSSR count). The molecule has 0 N–H and O–H groups in total. The number of hydrogen-bond donors (Lipinski definition) is 0. The van der Waals surface area contributed by atoms with Gasteiger partial charge in [-0.05, 0) is 35.3 Å². The van der Waals surface area contributed by atoms with Gasteiger partial charge >= 0.3 is 0 Å². The number of aryl methyl sites for hydroxylation is 2. The zero-order valence-electron chi connectivity index (χ0n) is 14.5. The molecule has 1 aliphatic heterocycles. The molecule has 0 saturated carbocycles. The third-order valence-corrected chi connectivity index (χ3v) is 4.76. The maximum Gasteiger partial charge on any atom is 0.245 e. The van der Waals surface area contributed by atoms with Gasteiger partial charge in [-0.2, -0.15) is 0 Å². The van der Waals surface area contributed by atoms with Crippen LogP contribution in [-0.4, -0.2) is 47.1 Å². The van der Waals surface area contributed by atoms with Crippen LogP contribution in [0, 0.1) is 0 Å². The van der Waals surface area contributed by atoms with E-state index in [4.69, 9.17) is 0 Å². The fourth-order valence-corrected chi connectivity index (χ4v) is 3.45. The predicted molar refractivity (Wildman–Crippen MR) is 93.9 cm³/mol. The predicted octanol–water partition coefficient (Wildman–Crippen LogP) is 1.48. The molecule has 1 atom stereocenters. The third-order valence-electron chi connectivity index (χ3n) is 4.76. The van der Waals surface area contributed by atoms with E-state index in [2.05, 4.69) is 32.6 Å². The molecule has 26 heavy (non-hydrogen) atoms. The molecular weight excluding hydrogens is 330 g/mol. The molecule has 1 amide bonds. The Labute approximate surface area is 151 Å². The fraction of sp³-hybridized carbons (Fsp3) is 0.389. The smallest absolute Gasteiger partial charge is 0.245 e. The molecule has 1 unspecified atom stereocenters. The van der Waals surface area contributed by atoms with Crippen LogP contribution in [0.15, 0.2) is 49.1 Å². The van der Waals surface area contributed by atoms with Crippen molar-refractivity contribution in [3.8, 4) is 0 Å². The first-order valence-electron chi connectivity index (χ1n) is 8.86. The van der Waals surface area contributed by atoms with Gasteiger partial charge in [-0.1, -0.05) is 30.3 Å². The summed E-state index contributed by atoms with van der Waals surface area (Å²) in [7, 11) is 0. The monoisotopic (exact) mass is 351 g/mol. The third kappa shape index (κ3) is 3.49. The second-order valence-corrected chi connectivity index (χ2v) is 6.48. The quantitative estimate of drug-likeness (QED) is 0.644. The normalized spacial score (nSPS) is 16.7. The van der Waals surface area contributed by atoms with Crippen molar-refractivity contribution in [3.05, 3.63) is 60.4 Å². The summed E-state index contributed by atoms with van der Waals surface area (Å²) in [6.45, 7) is 1.73. The highest BCUT2D eigenvalue weighted by molar-refractivity contribution is 5.77. The number of amides is 1. The number of nitrogens with zero attached hydrogens (tertiary/aromatic N) is 7. The van der Waals surface area contributed by atoms with Crippen molar-refractivity contribution < 1.29 is 4.79 Å². The Morgan fingerprint density at radius 3 is 2.85 bits per heavy atom. The lowest BCUT2D eigenvalue weighted by atomic mass is 10.0. The Morgan fingerprint density at radius 1 is 1.15 bits per heavy atom. The van der Waals surface area contributed by atoms with E-state index in [1.54, 1.807) is 17.2 Å². The Kier molecular flexibility index (Phi) is 4.72. The van der Waals surface area contributed by atoms with Gasteiger partial charge in [-0.3, -0.25) is 4.79 Å². The van der Waals surface area contributed by atoms with Gasteiger partial charge in [0.05, 0.1) is 12.4 Å². The minimum absolute atomic E-state index is 0.0773. The first kappa shape index (κ1) is 16.4. The number of benzene rings is 1. The van der Waals surface area contributed by atoms with E-state index < -0.39 is 0 Å². The molecule has 0 radical (unpaired) electrons. The van der Waals surface area contributed by atoms with Crippen LogP contribution in [0.2, 0.25) is 0 Å². The van der Waals surface area contributed by atoms with Crippen LogP contribution in [0.1, 0.15) is 30.3 Å². The molecule has 1 aliphatic rings. The first-order chi connectivity index (χ1) is 12.8. The second kappa shape index (κ2) is 7.47. The van der Waals surface area contributed by atoms with Crippen molar-refractivity contribution in [2.75, 3.05) is 6.54 Å². The van der Waals surface area contributed by atoms with Crippen molar-refractivity contribution in [2.45, 2.75) is 38.4 Å². The van der Waals surface area contributed by atoms with E-state index in [0.717, 1.165) is 31.6 Å². The average Bonchev–Trinajstić information content (AvgIpc) is 3.33. The van der Waals surface area contributed by atoms with E-state index in [0.29, 0.717) is 6.54 Å². The summed E-state index contributed by atoms with van der Waals surface area (Å²) < 4.78 is 3.65. The van der Waals surface area contributed by atoms with Crippen LogP contribution in [0.5, 0.6) is 0 Å². The highest BCUT2D eigenvalue weighted by atomic mass is 16.2. The lowest BCUT2D eigenvalue weighted by Gasteiger charge is -2.34. The van der Waals surface area contributed by atoms with Gasteiger partial charge in [0.1, 0.15) is 6.54 Å². The Bertz CT molecular complexity index is 844. The standard InChI is InChI=1S/C18H21N7O/c26-17-13-25-18(20-21-22-25)16(8-7-15-5-2-1-3-6-15)24(17)11-4-10-23-12-9-19-14-23/h1-3,5-6,9,12,14,16H,4,7-8,10-11,13H2. The highest BCUT2D eigenvalue weighted by Gasteiger charge is 2.34. The molecule has 3 heterocycles. The van der Waals surface area contributed by atoms with Crippen LogP contribution in [0.25, 0.3) is 0 Å². The molecule has 8 nitrogen and oxygen atoms in total. The van der Waals surface area contributed by atoms with Crippen molar-refractivity contribution in [1.82, 2.24) is 34.7 Å². The summed E-state index contributed by atoms with van der Waals surface area (Å²) in [6.07, 6.45) is 8.05. The molecule has 3 aromatic rings. The molecule has 134 valence electrons. The zero-order chi connectivity index (χ0) is 17.8. The molecule has 0 spiro atoms. The molecule has 2 aromatic heterocycles. The number of tetrazole rings is 1. The number of imidazole rings is 1. The fourth-order valence-electron chi connectivity index (χ4n) is 3.45. The summed E-state index contributed by atoms with van der Waals surface area (Å²) in [5.41, 5.74) is 1.25. The van der Waals surface area contributed by atoms with Crippen LogP contribution in [0.3, 0.4) is 0 Å². The summed E-state index contributed by atoms with van der Waals surface area (Å²) in [5.74, 6) is 0.858. The Hall–Kier alpha value is -3.03. The lowest BCUT2D eigenvalue weighted by Crippen LogP contribution is -2.44. The minimum atomic E-state index is -0.0887. The van der Waals surface area contributed by atoms with E-state index in [1.807, 2.05) is 33.9 Å². The number of rotatable bonds is 7. The lowest BCUT2D eigenvalue weighted by molar-refractivity contribution is -0.137. The first-order valence-corrected chi connectivity index (χ1v) is 8.86. The van der Waals surface area contributed by atoms with Gasteiger partial charge in [-0.25, -0.2) is 9.67 Å². The maximum absolute atomic E-state index is 12.7. The van der Waals surface area contributed by atoms with Crippen LogP contribution < -0.4 is 0 Å². The number of fused-ring (bicyclic) bond motifs is 1. The molecule has 0 bridgehead atoms. The van der Waals surface area contributed by atoms with E-state index in [1.165, 1.54) is 5.56 Å². The van der Waals surface area contributed by atoms with Gasteiger partial charge in [0.25, 0.3) is 0 Å². The van der Waals surface area contributed by atoms with Crippen molar-refractivity contribution in [2.24, 2.45) is 0 Å². The summed E-state index contributed by atoms with van der Waals surface area (Å²) in [5, 5.41) is 11.9. The molecule has 1 aromatic carbocycles. The summed E-state index contributed by atoms with van der Waals surface area (Å²) in [6, 6.07) is 10.2. The van der Waals surface area contributed by atoms with Crippen LogP contribution in [0.4, 0.5) is 0 Å². The highest BCUT2D eigenvalue weighted by Crippen LogP contribution is 2.28. The second-order valence-electron chi connectivity index (χ2n) is 6.48. The van der Waals surface area contributed by atoms with Crippen LogP contribution >= 0.6 is 0 Å². The largest absolute Gasteiger partial charge is 0.337 e. The van der Waals surface area contributed by atoms with E-state index in [9.17, 15) is 4.79 Å². The van der Waals surface area contributed by atoms with Crippen molar-refractivity contribution >= 4 is 5.91 Å². The average molecular weight is 351 g/mol. The molecule has 0 fully saturated rings. The summed E-state index contributed by atoms with van der Waals surface area (Å²) >= 11 is 0. The minimum Gasteiger partial charge on any atom is -0.337 e. The van der Waals surface area contributed by atoms with Crippen LogP contribution in [-0.2, 0) is 24.3 Å². The molecule has 0 saturated heterocycles. The Balaban J connectivity index is 1.47. The van der Waals surface area contributed by atoms with Gasteiger partial charge < -0.3 is 9.47 Å². The molecule has 8 heteroatoms. The Morgan fingerprint density at radius 2 is 2.04 bits per heavy atom. The summed E-state index contributed by atoms with van der Waals surface area (Å²) in [4.78, 5) is 18.7. The topological polar surface area (TPSA) is 81.7 Å². The number of carbonyl (C=O) groups excluding carboxylic acids is 1. The van der Waals surface area contributed by atoms with Gasteiger partial charge in [0, 0.05) is 25.5 Å². The van der Waals surface area contributed by atoms with Crippen molar-refractivity contribution in [3.63, 3.8) is 0 Å². The maximum atomic E-state index is 12.7. The number of aromatic nitrogens is 6.